The molecule has 2 heteroatoms. The van der Waals surface area contributed by atoms with Crippen LogP contribution in [0.1, 0.15) is 45.6 Å². The lowest BCUT2D eigenvalue weighted by atomic mass is 9.64. The summed E-state index contributed by atoms with van der Waals surface area (Å²) in [5.41, 5.74) is 1.74. The SMILES string of the molecule is CNCC1CCC(C(C)(C)C)CC1Cc1ccccc1Cl. The third-order valence-corrected chi connectivity index (χ3v) is 5.64. The highest BCUT2D eigenvalue weighted by molar-refractivity contribution is 6.31. The van der Waals surface area contributed by atoms with E-state index in [4.69, 9.17) is 11.6 Å². The Labute approximate surface area is 135 Å². The number of halogens is 1. The largest absolute Gasteiger partial charge is 0.319 e. The topological polar surface area (TPSA) is 12.0 Å². The molecular formula is C19H30ClN. The molecule has 1 nitrogen and oxygen atoms in total. The highest BCUT2D eigenvalue weighted by Crippen LogP contribution is 2.44. The van der Waals surface area contributed by atoms with Crippen LogP contribution in [0.15, 0.2) is 24.3 Å². The van der Waals surface area contributed by atoms with Gasteiger partial charge in [0, 0.05) is 5.02 Å². The lowest BCUT2D eigenvalue weighted by molar-refractivity contribution is 0.0980. The van der Waals surface area contributed by atoms with Crippen LogP contribution in [0.5, 0.6) is 0 Å². The lowest BCUT2D eigenvalue weighted by Gasteiger charge is -2.42. The van der Waals surface area contributed by atoms with E-state index in [1.807, 2.05) is 12.1 Å². The molecule has 0 amide bonds. The van der Waals surface area contributed by atoms with Crippen molar-refractivity contribution >= 4 is 11.6 Å². The van der Waals surface area contributed by atoms with Gasteiger partial charge < -0.3 is 5.32 Å². The second-order valence-electron chi connectivity index (χ2n) is 7.75. The average Bonchev–Trinajstić information content (AvgIpc) is 2.42. The highest BCUT2D eigenvalue weighted by Gasteiger charge is 2.35. The van der Waals surface area contributed by atoms with E-state index in [1.54, 1.807) is 0 Å². The van der Waals surface area contributed by atoms with Gasteiger partial charge in [-0.1, -0.05) is 50.6 Å². The minimum absolute atomic E-state index is 0.420. The number of rotatable bonds is 4. The predicted molar refractivity (Wildman–Crippen MR) is 92.9 cm³/mol. The van der Waals surface area contributed by atoms with E-state index < -0.39 is 0 Å². The summed E-state index contributed by atoms with van der Waals surface area (Å²) in [4.78, 5) is 0. The van der Waals surface area contributed by atoms with Crippen molar-refractivity contribution in [2.24, 2.45) is 23.2 Å². The van der Waals surface area contributed by atoms with Crippen LogP contribution >= 0.6 is 11.6 Å². The molecule has 1 N–H and O–H groups in total. The summed E-state index contributed by atoms with van der Waals surface area (Å²) >= 11 is 6.38. The maximum absolute atomic E-state index is 6.38. The van der Waals surface area contributed by atoms with Gasteiger partial charge in [0.15, 0.2) is 0 Å². The quantitative estimate of drug-likeness (QED) is 0.808. The molecule has 1 aliphatic carbocycles. The Morgan fingerprint density at radius 1 is 1.14 bits per heavy atom. The van der Waals surface area contributed by atoms with Gasteiger partial charge in [-0.3, -0.25) is 0 Å². The van der Waals surface area contributed by atoms with E-state index in [1.165, 1.54) is 24.8 Å². The smallest absolute Gasteiger partial charge is 0.0438 e. The summed E-state index contributed by atoms with van der Waals surface area (Å²) in [6, 6.07) is 8.35. The molecule has 3 atom stereocenters. The van der Waals surface area contributed by atoms with Crippen molar-refractivity contribution < 1.29 is 0 Å². The number of hydrogen-bond donors (Lipinski definition) is 1. The lowest BCUT2D eigenvalue weighted by Crippen LogP contribution is -2.36. The molecular weight excluding hydrogens is 278 g/mol. The van der Waals surface area contributed by atoms with E-state index in [0.717, 1.165) is 35.7 Å². The van der Waals surface area contributed by atoms with Gasteiger partial charge in [-0.25, -0.2) is 0 Å². The Morgan fingerprint density at radius 3 is 2.48 bits per heavy atom. The molecule has 1 aromatic rings. The Hall–Kier alpha value is -0.530. The van der Waals surface area contributed by atoms with Crippen molar-refractivity contribution in [2.75, 3.05) is 13.6 Å². The normalized spacial score (nSPS) is 26.8. The Balaban J connectivity index is 2.12. The molecule has 3 unspecified atom stereocenters. The van der Waals surface area contributed by atoms with E-state index in [2.05, 4.69) is 45.3 Å². The maximum atomic E-state index is 6.38. The Kier molecular flexibility index (Phi) is 5.73. The van der Waals surface area contributed by atoms with Crippen LogP contribution in [-0.2, 0) is 6.42 Å². The molecule has 0 heterocycles. The zero-order valence-corrected chi connectivity index (χ0v) is 14.7. The summed E-state index contributed by atoms with van der Waals surface area (Å²) < 4.78 is 0. The van der Waals surface area contributed by atoms with Crippen LogP contribution in [-0.4, -0.2) is 13.6 Å². The third kappa shape index (κ3) is 4.47. The van der Waals surface area contributed by atoms with Gasteiger partial charge >= 0.3 is 0 Å². The second kappa shape index (κ2) is 7.15. The maximum Gasteiger partial charge on any atom is 0.0438 e. The monoisotopic (exact) mass is 307 g/mol. The van der Waals surface area contributed by atoms with Crippen molar-refractivity contribution in [2.45, 2.75) is 46.5 Å². The van der Waals surface area contributed by atoms with Crippen LogP contribution in [0.4, 0.5) is 0 Å². The molecule has 21 heavy (non-hydrogen) atoms. The third-order valence-electron chi connectivity index (χ3n) is 5.27. The van der Waals surface area contributed by atoms with Gasteiger partial charge in [0.2, 0.25) is 0 Å². The Bertz CT molecular complexity index is 449. The fraction of sp³-hybridized carbons (Fsp3) is 0.684. The molecule has 1 aliphatic rings. The Morgan fingerprint density at radius 2 is 1.86 bits per heavy atom. The van der Waals surface area contributed by atoms with Crippen LogP contribution < -0.4 is 5.32 Å². The summed E-state index contributed by atoms with van der Waals surface area (Å²) in [5, 5.41) is 4.32. The van der Waals surface area contributed by atoms with E-state index >= 15 is 0 Å². The first-order valence-electron chi connectivity index (χ1n) is 8.29. The number of hydrogen-bond acceptors (Lipinski definition) is 1. The second-order valence-corrected chi connectivity index (χ2v) is 8.16. The molecule has 1 aromatic carbocycles. The van der Waals surface area contributed by atoms with Crippen LogP contribution in [0.25, 0.3) is 0 Å². The van der Waals surface area contributed by atoms with Crippen LogP contribution in [0.3, 0.4) is 0 Å². The molecule has 1 saturated carbocycles. The fourth-order valence-electron chi connectivity index (χ4n) is 3.84. The first kappa shape index (κ1) is 16.8. The van der Waals surface area contributed by atoms with Gasteiger partial charge in [0.1, 0.15) is 0 Å². The molecule has 0 aromatic heterocycles. The van der Waals surface area contributed by atoms with Crippen LogP contribution in [0.2, 0.25) is 5.02 Å². The molecule has 0 spiro atoms. The van der Waals surface area contributed by atoms with Crippen LogP contribution in [0, 0.1) is 23.2 Å². The van der Waals surface area contributed by atoms with Gasteiger partial charge in [0.05, 0.1) is 0 Å². The molecule has 2 rings (SSSR count). The molecule has 0 aliphatic heterocycles. The first-order chi connectivity index (χ1) is 9.91. The van der Waals surface area contributed by atoms with Crippen molar-refractivity contribution in [3.8, 4) is 0 Å². The standard InChI is InChI=1S/C19H30ClN/c1-19(2,3)17-10-9-15(13-21-4)16(12-17)11-14-7-5-6-8-18(14)20/h5-8,15-17,21H,9-13H2,1-4H3. The van der Waals surface area contributed by atoms with Gasteiger partial charge in [-0.05, 0) is 74.1 Å². The minimum atomic E-state index is 0.420. The first-order valence-corrected chi connectivity index (χ1v) is 8.67. The number of benzene rings is 1. The molecule has 1 fully saturated rings. The average molecular weight is 308 g/mol. The molecule has 0 radical (unpaired) electrons. The van der Waals surface area contributed by atoms with Crippen molar-refractivity contribution in [1.29, 1.82) is 0 Å². The van der Waals surface area contributed by atoms with Gasteiger partial charge in [0.25, 0.3) is 0 Å². The highest BCUT2D eigenvalue weighted by atomic mass is 35.5. The van der Waals surface area contributed by atoms with Crippen molar-refractivity contribution in [1.82, 2.24) is 5.32 Å². The summed E-state index contributed by atoms with van der Waals surface area (Å²) in [6.07, 6.45) is 5.17. The molecule has 0 bridgehead atoms. The predicted octanol–water partition coefficient (Wildman–Crippen LogP) is 5.18. The zero-order chi connectivity index (χ0) is 15.5. The summed E-state index contributed by atoms with van der Waals surface area (Å²) in [7, 11) is 2.07. The van der Waals surface area contributed by atoms with Gasteiger partial charge in [-0.2, -0.15) is 0 Å². The molecule has 118 valence electrons. The summed E-state index contributed by atoms with van der Waals surface area (Å²) in [6.45, 7) is 8.31. The minimum Gasteiger partial charge on any atom is -0.319 e. The summed E-state index contributed by atoms with van der Waals surface area (Å²) in [5.74, 6) is 2.36. The van der Waals surface area contributed by atoms with Crippen molar-refractivity contribution in [3.05, 3.63) is 34.9 Å². The number of nitrogens with one attached hydrogen (secondary N) is 1. The van der Waals surface area contributed by atoms with E-state index in [0.29, 0.717) is 5.41 Å². The van der Waals surface area contributed by atoms with E-state index in [-0.39, 0.29) is 0 Å². The fourth-order valence-corrected chi connectivity index (χ4v) is 4.05. The van der Waals surface area contributed by atoms with Gasteiger partial charge in [-0.15, -0.1) is 0 Å². The van der Waals surface area contributed by atoms with E-state index in [9.17, 15) is 0 Å². The van der Waals surface area contributed by atoms with Crippen molar-refractivity contribution in [3.63, 3.8) is 0 Å². The zero-order valence-electron chi connectivity index (χ0n) is 14.0. The molecule has 0 saturated heterocycles.